The second-order valence-electron chi connectivity index (χ2n) is 3.78. The Kier molecular flexibility index (Phi) is 3.69. The van der Waals surface area contributed by atoms with Gasteiger partial charge in [-0.05, 0) is 26.8 Å². The lowest BCUT2D eigenvalue weighted by Gasteiger charge is -2.24. The first-order chi connectivity index (χ1) is 6.11. The summed E-state index contributed by atoms with van der Waals surface area (Å²) in [5.41, 5.74) is 5.55. The van der Waals surface area contributed by atoms with E-state index in [2.05, 4.69) is 12.2 Å². The van der Waals surface area contributed by atoms with Crippen molar-refractivity contribution in [2.75, 3.05) is 19.6 Å². The van der Waals surface area contributed by atoms with Gasteiger partial charge in [-0.15, -0.1) is 0 Å². The van der Waals surface area contributed by atoms with Crippen LogP contribution in [0.4, 0.5) is 0 Å². The van der Waals surface area contributed by atoms with Crippen molar-refractivity contribution >= 4 is 5.91 Å². The second kappa shape index (κ2) is 4.58. The van der Waals surface area contributed by atoms with Crippen molar-refractivity contribution in [3.05, 3.63) is 0 Å². The summed E-state index contributed by atoms with van der Waals surface area (Å²) >= 11 is 0. The van der Waals surface area contributed by atoms with Crippen LogP contribution in [0.25, 0.3) is 0 Å². The molecule has 1 heterocycles. The third kappa shape index (κ3) is 2.97. The largest absolute Gasteiger partial charge is 0.340 e. The molecule has 0 radical (unpaired) electrons. The number of rotatable bonds is 1. The maximum atomic E-state index is 11.6. The van der Waals surface area contributed by atoms with Gasteiger partial charge in [0.1, 0.15) is 0 Å². The van der Waals surface area contributed by atoms with Crippen LogP contribution in [0.15, 0.2) is 0 Å². The van der Waals surface area contributed by atoms with Gasteiger partial charge in [-0.3, -0.25) is 4.79 Å². The van der Waals surface area contributed by atoms with Crippen molar-refractivity contribution < 1.29 is 4.79 Å². The van der Waals surface area contributed by atoms with Crippen LogP contribution in [0.2, 0.25) is 0 Å². The smallest absolute Gasteiger partial charge is 0.239 e. The lowest BCUT2D eigenvalue weighted by atomic mass is 10.2. The first-order valence-electron chi connectivity index (χ1n) is 4.89. The number of hydrogen-bond donors (Lipinski definition) is 2. The molecule has 4 nitrogen and oxygen atoms in total. The van der Waals surface area contributed by atoms with E-state index in [4.69, 9.17) is 5.73 Å². The van der Waals surface area contributed by atoms with E-state index in [-0.39, 0.29) is 11.9 Å². The van der Waals surface area contributed by atoms with Crippen LogP contribution in [-0.4, -0.2) is 42.5 Å². The molecule has 0 aliphatic carbocycles. The summed E-state index contributed by atoms with van der Waals surface area (Å²) in [5.74, 6) is 0.0653. The Labute approximate surface area is 79.5 Å². The Balaban J connectivity index is 2.52. The van der Waals surface area contributed by atoms with Gasteiger partial charge in [0.15, 0.2) is 0 Å². The molecule has 1 unspecified atom stereocenters. The highest BCUT2D eigenvalue weighted by Crippen LogP contribution is 2.01. The Morgan fingerprint density at radius 3 is 3.00 bits per heavy atom. The zero-order valence-corrected chi connectivity index (χ0v) is 8.42. The highest BCUT2D eigenvalue weighted by molar-refractivity contribution is 5.81. The molecule has 1 saturated heterocycles. The van der Waals surface area contributed by atoms with E-state index in [1.165, 1.54) is 0 Å². The zero-order valence-electron chi connectivity index (χ0n) is 8.42. The molecule has 0 bridgehead atoms. The van der Waals surface area contributed by atoms with Gasteiger partial charge < -0.3 is 16.0 Å². The van der Waals surface area contributed by atoms with Gasteiger partial charge in [0.25, 0.3) is 0 Å². The Morgan fingerprint density at radius 1 is 1.69 bits per heavy atom. The van der Waals surface area contributed by atoms with E-state index >= 15 is 0 Å². The van der Waals surface area contributed by atoms with Gasteiger partial charge >= 0.3 is 0 Å². The average molecular weight is 185 g/mol. The highest BCUT2D eigenvalue weighted by Gasteiger charge is 2.20. The molecule has 1 rings (SSSR count). The topological polar surface area (TPSA) is 58.4 Å². The molecule has 4 heteroatoms. The molecule has 1 fully saturated rings. The van der Waals surface area contributed by atoms with E-state index in [0.29, 0.717) is 6.04 Å². The van der Waals surface area contributed by atoms with E-state index < -0.39 is 0 Å². The summed E-state index contributed by atoms with van der Waals surface area (Å²) in [5, 5.41) is 3.33. The third-order valence-electron chi connectivity index (χ3n) is 2.29. The van der Waals surface area contributed by atoms with Crippen molar-refractivity contribution in [2.45, 2.75) is 32.4 Å². The molecule has 2 atom stereocenters. The van der Waals surface area contributed by atoms with Crippen molar-refractivity contribution in [1.29, 1.82) is 0 Å². The molecule has 0 saturated carbocycles. The van der Waals surface area contributed by atoms with E-state index in [0.717, 1.165) is 26.1 Å². The van der Waals surface area contributed by atoms with Crippen LogP contribution in [0, 0.1) is 0 Å². The fourth-order valence-electron chi connectivity index (χ4n) is 1.59. The predicted octanol–water partition coefficient (Wildman–Crippen LogP) is -0.456. The van der Waals surface area contributed by atoms with Crippen LogP contribution in [0.1, 0.15) is 20.3 Å². The van der Waals surface area contributed by atoms with Gasteiger partial charge in [0.2, 0.25) is 5.91 Å². The predicted molar refractivity (Wildman–Crippen MR) is 52.3 cm³/mol. The quantitative estimate of drug-likeness (QED) is 0.581. The molecule has 1 amide bonds. The SMILES string of the molecule is CC1CN(C(=O)[C@@H](C)N)CCCN1. The molecule has 0 aromatic carbocycles. The van der Waals surface area contributed by atoms with Crippen molar-refractivity contribution in [1.82, 2.24) is 10.2 Å². The number of nitrogens with two attached hydrogens (primary N) is 1. The van der Waals surface area contributed by atoms with Crippen LogP contribution >= 0.6 is 0 Å². The molecule has 1 aliphatic heterocycles. The fourth-order valence-corrected chi connectivity index (χ4v) is 1.59. The summed E-state index contributed by atoms with van der Waals surface area (Å²) in [6.07, 6.45) is 1.02. The van der Waals surface area contributed by atoms with E-state index in [1.54, 1.807) is 6.92 Å². The Morgan fingerprint density at radius 2 is 2.38 bits per heavy atom. The summed E-state index contributed by atoms with van der Waals surface area (Å²) in [7, 11) is 0. The minimum absolute atomic E-state index is 0.0653. The summed E-state index contributed by atoms with van der Waals surface area (Å²) in [6, 6.07) is 0.00972. The Bertz CT molecular complexity index is 182. The molecular formula is C9H19N3O. The van der Waals surface area contributed by atoms with Crippen molar-refractivity contribution in [3.8, 4) is 0 Å². The van der Waals surface area contributed by atoms with Crippen LogP contribution in [0.3, 0.4) is 0 Å². The Hall–Kier alpha value is -0.610. The number of nitrogens with one attached hydrogen (secondary N) is 1. The molecule has 76 valence electrons. The molecule has 0 aromatic heterocycles. The summed E-state index contributed by atoms with van der Waals surface area (Å²) in [4.78, 5) is 13.4. The monoisotopic (exact) mass is 185 g/mol. The number of amides is 1. The van der Waals surface area contributed by atoms with Gasteiger partial charge in [0.05, 0.1) is 6.04 Å². The molecule has 0 spiro atoms. The normalized spacial score (nSPS) is 26.7. The summed E-state index contributed by atoms with van der Waals surface area (Å²) in [6.45, 7) is 6.43. The van der Waals surface area contributed by atoms with Crippen LogP contribution < -0.4 is 11.1 Å². The maximum Gasteiger partial charge on any atom is 0.239 e. The molecule has 0 aromatic rings. The van der Waals surface area contributed by atoms with Crippen LogP contribution in [-0.2, 0) is 4.79 Å². The molecule has 13 heavy (non-hydrogen) atoms. The van der Waals surface area contributed by atoms with E-state index in [1.807, 2.05) is 4.90 Å². The zero-order chi connectivity index (χ0) is 9.84. The first-order valence-corrected chi connectivity index (χ1v) is 4.89. The number of carbonyl (C=O) groups excluding carboxylic acids is 1. The van der Waals surface area contributed by atoms with Gasteiger partial charge in [0, 0.05) is 19.1 Å². The average Bonchev–Trinajstić information content (AvgIpc) is 2.28. The van der Waals surface area contributed by atoms with Crippen molar-refractivity contribution in [2.24, 2.45) is 5.73 Å². The lowest BCUT2D eigenvalue weighted by Crippen LogP contribution is -2.45. The number of carbonyl (C=O) groups is 1. The number of nitrogens with zero attached hydrogens (tertiary/aromatic N) is 1. The van der Waals surface area contributed by atoms with E-state index in [9.17, 15) is 4.79 Å². The van der Waals surface area contributed by atoms with Crippen molar-refractivity contribution in [3.63, 3.8) is 0 Å². The molecular weight excluding hydrogens is 166 g/mol. The third-order valence-corrected chi connectivity index (χ3v) is 2.29. The minimum atomic E-state index is -0.370. The fraction of sp³-hybridized carbons (Fsp3) is 0.889. The standard InChI is InChI=1S/C9H19N3O/c1-7-6-12(5-3-4-11-7)9(13)8(2)10/h7-8,11H,3-6,10H2,1-2H3/t7?,8-/m1/s1. The number of hydrogen-bond acceptors (Lipinski definition) is 3. The summed E-state index contributed by atoms with van der Waals surface area (Å²) < 4.78 is 0. The maximum absolute atomic E-state index is 11.6. The first kappa shape index (κ1) is 10.5. The minimum Gasteiger partial charge on any atom is -0.340 e. The highest BCUT2D eigenvalue weighted by atomic mass is 16.2. The second-order valence-corrected chi connectivity index (χ2v) is 3.78. The van der Waals surface area contributed by atoms with Gasteiger partial charge in [-0.25, -0.2) is 0 Å². The van der Waals surface area contributed by atoms with Crippen LogP contribution in [0.5, 0.6) is 0 Å². The molecule has 3 N–H and O–H groups in total. The lowest BCUT2D eigenvalue weighted by molar-refractivity contribution is -0.132. The van der Waals surface area contributed by atoms with Gasteiger partial charge in [-0.2, -0.15) is 0 Å². The molecule has 1 aliphatic rings. The van der Waals surface area contributed by atoms with Gasteiger partial charge in [-0.1, -0.05) is 0 Å².